The summed E-state index contributed by atoms with van der Waals surface area (Å²) in [6.07, 6.45) is 5.04. The van der Waals surface area contributed by atoms with Crippen molar-refractivity contribution in [2.24, 2.45) is 0 Å². The maximum Gasteiger partial charge on any atom is 0.322 e. The number of carbonyl (C=O) groups excluding carboxylic acids is 1. The Bertz CT molecular complexity index is 1280. The van der Waals surface area contributed by atoms with Crippen LogP contribution in [0.15, 0.2) is 62.7 Å². The summed E-state index contributed by atoms with van der Waals surface area (Å²) in [6.45, 7) is 6.53. The molecule has 1 aliphatic rings. The lowest BCUT2D eigenvalue weighted by Crippen LogP contribution is -2.41. The highest BCUT2D eigenvalue weighted by atomic mass is 32.2. The molecule has 1 fully saturated rings. The number of nitrogens with one attached hydrogen (secondary N) is 1. The average molecular weight is 529 g/mol. The maximum absolute atomic E-state index is 13.2. The van der Waals surface area contributed by atoms with Crippen LogP contribution in [0, 0.1) is 0 Å². The summed E-state index contributed by atoms with van der Waals surface area (Å²) in [5.74, 6) is -0.154. The van der Waals surface area contributed by atoms with E-state index >= 15 is 0 Å². The zero-order valence-corrected chi connectivity index (χ0v) is 22.4. The lowest BCUT2D eigenvalue weighted by Gasteiger charge is -2.32. The van der Waals surface area contributed by atoms with E-state index in [9.17, 15) is 13.2 Å². The maximum atomic E-state index is 13.2. The third-order valence-electron chi connectivity index (χ3n) is 6.11. The predicted molar refractivity (Wildman–Crippen MR) is 142 cm³/mol. The van der Waals surface area contributed by atoms with Gasteiger partial charge in [0.25, 0.3) is 5.91 Å². The van der Waals surface area contributed by atoms with Gasteiger partial charge in [0.2, 0.25) is 15.9 Å². The molecule has 1 amide bonds. The lowest BCUT2D eigenvalue weighted by molar-refractivity contribution is 0.102. The first-order chi connectivity index (χ1) is 17.3. The van der Waals surface area contributed by atoms with Gasteiger partial charge in [-0.05, 0) is 55.3 Å². The molecule has 0 unspecified atom stereocenters. The standard InChI is InChI=1S/C26H32N4O4S2/c1-4-30(21-10-6-5-7-11-21)36(32,33)23-15-13-19(14-16-23)24(31)27-26-29-28-25(34-26)20-9-8-12-22(17-20)35-18(2)3/h8-9,12-18,21H,4-7,10-11H2,1-3H3,(H,27,29,31). The molecule has 0 atom stereocenters. The quantitative estimate of drug-likeness (QED) is 0.348. The highest BCUT2D eigenvalue weighted by Crippen LogP contribution is 2.29. The molecule has 1 aliphatic carbocycles. The first-order valence-corrected chi connectivity index (χ1v) is 14.6. The van der Waals surface area contributed by atoms with Crippen LogP contribution in [0.5, 0.6) is 0 Å². The van der Waals surface area contributed by atoms with Gasteiger partial charge in [0, 0.05) is 33.9 Å². The number of thioether (sulfide) groups is 1. The van der Waals surface area contributed by atoms with Crippen molar-refractivity contribution in [1.82, 2.24) is 14.5 Å². The highest BCUT2D eigenvalue weighted by molar-refractivity contribution is 7.99. The number of benzene rings is 2. The van der Waals surface area contributed by atoms with Crippen LogP contribution < -0.4 is 5.32 Å². The van der Waals surface area contributed by atoms with Crippen molar-refractivity contribution in [1.29, 1.82) is 0 Å². The molecule has 0 aliphatic heterocycles. The Morgan fingerprint density at radius 1 is 1.11 bits per heavy atom. The largest absolute Gasteiger partial charge is 0.403 e. The molecular weight excluding hydrogens is 496 g/mol. The Labute approximate surface area is 216 Å². The molecule has 36 heavy (non-hydrogen) atoms. The lowest BCUT2D eigenvalue weighted by atomic mass is 9.95. The van der Waals surface area contributed by atoms with Gasteiger partial charge in [0.15, 0.2) is 0 Å². The minimum Gasteiger partial charge on any atom is -0.403 e. The molecule has 4 rings (SSSR count). The van der Waals surface area contributed by atoms with E-state index in [-0.39, 0.29) is 17.0 Å². The Morgan fingerprint density at radius 2 is 1.83 bits per heavy atom. The summed E-state index contributed by atoms with van der Waals surface area (Å²) in [4.78, 5) is 14.0. The minimum atomic E-state index is -3.63. The fraction of sp³-hybridized carbons (Fsp3) is 0.423. The van der Waals surface area contributed by atoms with Crippen LogP contribution in [0.2, 0.25) is 0 Å². The van der Waals surface area contributed by atoms with Gasteiger partial charge in [-0.2, -0.15) is 4.31 Å². The van der Waals surface area contributed by atoms with E-state index in [1.54, 1.807) is 16.1 Å². The van der Waals surface area contributed by atoms with Crippen molar-refractivity contribution in [3.63, 3.8) is 0 Å². The van der Waals surface area contributed by atoms with Gasteiger partial charge >= 0.3 is 6.01 Å². The number of rotatable bonds is 9. The molecule has 8 nitrogen and oxygen atoms in total. The summed E-state index contributed by atoms with van der Waals surface area (Å²) in [5, 5.41) is 11.0. The van der Waals surface area contributed by atoms with Crippen molar-refractivity contribution in [3.8, 4) is 11.5 Å². The fourth-order valence-electron chi connectivity index (χ4n) is 4.44. The number of amides is 1. The van der Waals surface area contributed by atoms with Crippen LogP contribution in [0.25, 0.3) is 11.5 Å². The third kappa shape index (κ3) is 6.16. The summed E-state index contributed by atoms with van der Waals surface area (Å²) in [5.41, 5.74) is 1.06. The number of carbonyl (C=O) groups is 1. The fourth-order valence-corrected chi connectivity index (χ4v) is 7.03. The number of hydrogen-bond donors (Lipinski definition) is 1. The first-order valence-electron chi connectivity index (χ1n) is 12.3. The van der Waals surface area contributed by atoms with Gasteiger partial charge in [-0.15, -0.1) is 16.9 Å². The molecule has 3 aromatic rings. The van der Waals surface area contributed by atoms with E-state index in [0.29, 0.717) is 23.2 Å². The SMILES string of the molecule is CCN(C1CCCCC1)S(=O)(=O)c1ccc(C(=O)Nc2nnc(-c3cccc(SC(C)C)c3)o2)cc1. The van der Waals surface area contributed by atoms with Crippen LogP contribution in [0.1, 0.15) is 63.2 Å². The van der Waals surface area contributed by atoms with E-state index in [4.69, 9.17) is 4.42 Å². The zero-order chi connectivity index (χ0) is 25.7. The molecule has 1 aromatic heterocycles. The molecule has 0 spiro atoms. The first kappa shape index (κ1) is 26.4. The number of aromatic nitrogens is 2. The van der Waals surface area contributed by atoms with Crippen LogP contribution in [0.4, 0.5) is 6.01 Å². The minimum absolute atomic E-state index is 0.0249. The van der Waals surface area contributed by atoms with E-state index in [0.717, 1.165) is 42.6 Å². The molecule has 0 radical (unpaired) electrons. The molecule has 1 N–H and O–H groups in total. The van der Waals surface area contributed by atoms with Gasteiger partial charge in [-0.1, -0.05) is 51.2 Å². The topological polar surface area (TPSA) is 105 Å². The monoisotopic (exact) mass is 528 g/mol. The number of hydrogen-bond acceptors (Lipinski definition) is 7. The highest BCUT2D eigenvalue weighted by Gasteiger charge is 2.31. The van der Waals surface area contributed by atoms with Crippen LogP contribution in [0.3, 0.4) is 0 Å². The van der Waals surface area contributed by atoms with Gasteiger partial charge in [-0.3, -0.25) is 10.1 Å². The molecule has 10 heteroatoms. The van der Waals surface area contributed by atoms with Crippen molar-refractivity contribution < 1.29 is 17.6 Å². The molecule has 0 saturated heterocycles. The molecule has 1 heterocycles. The second-order valence-corrected chi connectivity index (χ2v) is 12.6. The summed E-state index contributed by atoms with van der Waals surface area (Å²) in [6, 6.07) is 13.8. The molecule has 1 saturated carbocycles. The number of anilines is 1. The van der Waals surface area contributed by atoms with Crippen molar-refractivity contribution in [3.05, 3.63) is 54.1 Å². The van der Waals surface area contributed by atoms with Crippen LogP contribution >= 0.6 is 11.8 Å². The van der Waals surface area contributed by atoms with Gasteiger partial charge in [0.05, 0.1) is 4.90 Å². The van der Waals surface area contributed by atoms with Crippen LogP contribution in [-0.4, -0.2) is 46.7 Å². The predicted octanol–water partition coefficient (Wildman–Crippen LogP) is 5.83. The molecule has 192 valence electrons. The zero-order valence-electron chi connectivity index (χ0n) is 20.8. The Kier molecular flexibility index (Phi) is 8.48. The van der Waals surface area contributed by atoms with E-state index in [1.165, 1.54) is 24.3 Å². The van der Waals surface area contributed by atoms with E-state index in [1.807, 2.05) is 31.2 Å². The third-order valence-corrected chi connectivity index (χ3v) is 9.15. The van der Waals surface area contributed by atoms with E-state index < -0.39 is 15.9 Å². The summed E-state index contributed by atoms with van der Waals surface area (Å²) < 4.78 is 33.7. The average Bonchev–Trinajstić information content (AvgIpc) is 3.33. The summed E-state index contributed by atoms with van der Waals surface area (Å²) in [7, 11) is -3.63. The summed E-state index contributed by atoms with van der Waals surface area (Å²) >= 11 is 1.73. The number of sulfonamides is 1. The van der Waals surface area contributed by atoms with Gasteiger partial charge < -0.3 is 4.42 Å². The van der Waals surface area contributed by atoms with Crippen LogP contribution in [-0.2, 0) is 10.0 Å². The van der Waals surface area contributed by atoms with Crippen molar-refractivity contribution >= 4 is 33.7 Å². The van der Waals surface area contributed by atoms with Crippen molar-refractivity contribution in [2.75, 3.05) is 11.9 Å². The molecule has 2 aromatic carbocycles. The van der Waals surface area contributed by atoms with Crippen molar-refractivity contribution in [2.45, 2.75) is 74.0 Å². The normalized spacial score (nSPS) is 14.9. The second kappa shape index (κ2) is 11.6. The smallest absolute Gasteiger partial charge is 0.322 e. The Morgan fingerprint density at radius 3 is 2.50 bits per heavy atom. The van der Waals surface area contributed by atoms with Gasteiger partial charge in [0.1, 0.15) is 0 Å². The van der Waals surface area contributed by atoms with Gasteiger partial charge in [-0.25, -0.2) is 8.42 Å². The second-order valence-electron chi connectivity index (χ2n) is 9.09. The molecular formula is C26H32N4O4S2. The van der Waals surface area contributed by atoms with E-state index in [2.05, 4.69) is 29.4 Å². The Balaban J connectivity index is 1.44. The molecule has 0 bridgehead atoms. The number of nitrogens with zero attached hydrogens (tertiary/aromatic N) is 3. The Hall–Kier alpha value is -2.69.